The molecule has 13 heteroatoms. The second-order valence-electron chi connectivity index (χ2n) is 11.4. The van der Waals surface area contributed by atoms with Crippen molar-refractivity contribution in [3.8, 4) is 0 Å². The molecular weight excluding hydrogens is 770 g/mol. The maximum absolute atomic E-state index is 13.8. The zero-order valence-corrected chi connectivity index (χ0v) is 31.8. The normalized spacial score (nSPS) is 25.6. The Bertz CT molecular complexity index is 1320. The van der Waals surface area contributed by atoms with Gasteiger partial charge in [0.25, 0.3) is 9.03 Å². The number of allylic oxidation sites excluding steroid dienone is 1. The van der Waals surface area contributed by atoms with Crippen LogP contribution < -0.4 is 0 Å². The molecule has 0 spiro atoms. The van der Waals surface area contributed by atoms with Crippen LogP contribution in [0.1, 0.15) is 80.8 Å². The number of Topliss-reactive ketones (excluding diaryl/α,β-unsaturated/α-hetero) is 1. The molecule has 2 aromatic rings. The second-order valence-corrected chi connectivity index (χ2v) is 15.4. The summed E-state index contributed by atoms with van der Waals surface area (Å²) in [5.41, 5.74) is 1.00. The monoisotopic (exact) mass is 798 g/mol. The fourth-order valence-corrected chi connectivity index (χ4v) is 6.84. The first-order chi connectivity index (χ1) is 20.6. The van der Waals surface area contributed by atoms with Gasteiger partial charge in [-0.05, 0) is 110 Å². The third kappa shape index (κ3) is 10.8. The predicted molar refractivity (Wildman–Crippen MR) is 171 cm³/mol. The SMILES string of the molecule is C=CC1CCC(c2cccc(F)c2F)CC1.O=C(Cl)C(Cl)(Cl)Cl.O=C1CC(C2CCC(c3cccc(F)c3F)CC2)C1(Cl)Cl.[Zn]. The molecule has 244 valence electrons. The Morgan fingerprint density at radius 3 is 1.53 bits per heavy atom. The topological polar surface area (TPSA) is 34.1 Å². The molecule has 0 saturated heterocycles. The van der Waals surface area contributed by atoms with Crippen molar-refractivity contribution < 1.29 is 46.6 Å². The molecule has 3 aliphatic carbocycles. The summed E-state index contributed by atoms with van der Waals surface area (Å²) in [5.74, 6) is -1.96. The molecule has 0 N–H and O–H groups in total. The van der Waals surface area contributed by atoms with Crippen LogP contribution in [0.5, 0.6) is 0 Å². The summed E-state index contributed by atoms with van der Waals surface area (Å²) in [6.07, 6.45) is 9.58. The quantitative estimate of drug-likeness (QED) is 0.101. The number of halogens is 10. The summed E-state index contributed by atoms with van der Waals surface area (Å²) in [4.78, 5) is 21.3. The smallest absolute Gasteiger partial charge is 0.273 e. The van der Waals surface area contributed by atoms with Crippen LogP contribution in [0, 0.1) is 41.0 Å². The van der Waals surface area contributed by atoms with Crippen LogP contribution in [0.15, 0.2) is 49.1 Å². The fourth-order valence-electron chi connectivity index (χ4n) is 6.17. The molecule has 0 aliphatic heterocycles. The fraction of sp³-hybridized carbons (Fsp3) is 0.500. The van der Waals surface area contributed by atoms with Gasteiger partial charge in [-0.15, -0.1) is 6.58 Å². The van der Waals surface area contributed by atoms with E-state index in [9.17, 15) is 27.2 Å². The van der Waals surface area contributed by atoms with Crippen LogP contribution in [-0.2, 0) is 29.1 Å². The summed E-state index contributed by atoms with van der Waals surface area (Å²) in [6, 6.07) is 8.81. The van der Waals surface area contributed by atoms with E-state index >= 15 is 0 Å². The van der Waals surface area contributed by atoms with Gasteiger partial charge in [0, 0.05) is 31.8 Å². The molecule has 0 bridgehead atoms. The van der Waals surface area contributed by atoms with Crippen LogP contribution in [0.2, 0.25) is 0 Å². The summed E-state index contributed by atoms with van der Waals surface area (Å²) in [7, 11) is 0. The van der Waals surface area contributed by atoms with Gasteiger partial charge in [-0.1, -0.05) is 88.3 Å². The Kier molecular flexibility index (Phi) is 16.2. The van der Waals surface area contributed by atoms with E-state index in [0.717, 1.165) is 57.4 Å². The van der Waals surface area contributed by atoms with Crippen LogP contribution in [0.3, 0.4) is 0 Å². The molecule has 0 radical (unpaired) electrons. The third-order valence-corrected chi connectivity index (χ3v) is 10.8. The molecule has 3 aliphatic rings. The summed E-state index contributed by atoms with van der Waals surface area (Å²) >= 11 is 31.6. The number of alkyl halides is 5. The molecule has 2 aromatic carbocycles. The maximum Gasteiger partial charge on any atom is 0.273 e. The minimum absolute atomic E-state index is 0. The molecule has 3 fully saturated rings. The van der Waals surface area contributed by atoms with Crippen molar-refractivity contribution >= 4 is 80.6 Å². The predicted octanol–water partition coefficient (Wildman–Crippen LogP) is 11.5. The van der Waals surface area contributed by atoms with Crippen LogP contribution in [0.25, 0.3) is 0 Å². The van der Waals surface area contributed by atoms with Crippen molar-refractivity contribution in [2.75, 3.05) is 0 Å². The van der Waals surface area contributed by atoms with Gasteiger partial charge in [0.15, 0.2) is 33.4 Å². The van der Waals surface area contributed by atoms with E-state index in [1.807, 2.05) is 6.08 Å². The molecule has 0 heterocycles. The number of benzene rings is 2. The zero-order chi connectivity index (χ0) is 32.8. The molecular formula is C32H32Cl6F4O2Zn. The first-order valence-corrected chi connectivity index (χ1v) is 16.5. The van der Waals surface area contributed by atoms with Gasteiger partial charge in [-0.25, -0.2) is 17.6 Å². The van der Waals surface area contributed by atoms with Gasteiger partial charge in [0.05, 0.1) is 0 Å². The van der Waals surface area contributed by atoms with Crippen LogP contribution in [-0.4, -0.2) is 19.2 Å². The first kappa shape index (κ1) is 40.8. The summed E-state index contributed by atoms with van der Waals surface area (Å²) < 4.78 is 50.6. The Labute approximate surface area is 304 Å². The number of hydrogen-bond acceptors (Lipinski definition) is 2. The van der Waals surface area contributed by atoms with Gasteiger partial charge >= 0.3 is 0 Å². The first-order valence-electron chi connectivity index (χ1n) is 14.3. The van der Waals surface area contributed by atoms with Crippen molar-refractivity contribution in [2.45, 2.75) is 77.7 Å². The molecule has 0 amide bonds. The van der Waals surface area contributed by atoms with E-state index < -0.39 is 36.6 Å². The molecule has 5 rings (SSSR count). The van der Waals surface area contributed by atoms with E-state index in [-0.39, 0.29) is 43.0 Å². The van der Waals surface area contributed by atoms with E-state index in [4.69, 9.17) is 69.6 Å². The molecule has 3 saturated carbocycles. The number of hydrogen-bond donors (Lipinski definition) is 0. The molecule has 0 aromatic heterocycles. The van der Waals surface area contributed by atoms with E-state index in [0.29, 0.717) is 29.4 Å². The summed E-state index contributed by atoms with van der Waals surface area (Å²) in [6.45, 7) is 3.78. The van der Waals surface area contributed by atoms with Crippen molar-refractivity contribution in [1.29, 1.82) is 0 Å². The van der Waals surface area contributed by atoms with Gasteiger partial charge in [-0.3, -0.25) is 9.59 Å². The van der Waals surface area contributed by atoms with Crippen molar-refractivity contribution in [3.05, 3.63) is 83.4 Å². The largest absolute Gasteiger partial charge is 0.296 e. The van der Waals surface area contributed by atoms with Crippen molar-refractivity contribution in [2.24, 2.45) is 17.8 Å². The minimum Gasteiger partial charge on any atom is -0.296 e. The number of carbonyl (C=O) groups is 2. The minimum atomic E-state index is -1.96. The summed E-state index contributed by atoms with van der Waals surface area (Å²) in [5, 5.41) is -0.988. The standard InChI is InChI=1S/C16H16Cl2F2O.C14H16F2.C2Cl4O.Zn/c17-16(18)12(8-14(16)21)10-6-4-9(5-7-10)11-2-1-3-13(19)15(11)20;1-2-10-6-8-11(9-7-10)12-4-3-5-13(15)14(12)16;3-1(7)2(4,5)6;/h1-3,9-10,12H,4-8H2;2-5,10-11H,1,6-9H2;;. The van der Waals surface area contributed by atoms with Gasteiger partial charge in [-0.2, -0.15) is 0 Å². The van der Waals surface area contributed by atoms with Gasteiger partial charge in [0.2, 0.25) is 0 Å². The molecule has 1 unspecified atom stereocenters. The van der Waals surface area contributed by atoms with E-state index in [2.05, 4.69) is 6.58 Å². The Balaban J connectivity index is 0.000000261. The van der Waals surface area contributed by atoms with E-state index in [1.165, 1.54) is 6.07 Å². The maximum atomic E-state index is 13.8. The number of carbonyl (C=O) groups excluding carboxylic acids is 2. The van der Waals surface area contributed by atoms with Crippen molar-refractivity contribution in [3.63, 3.8) is 0 Å². The average Bonchev–Trinajstić information content (AvgIpc) is 2.99. The number of ketones is 1. The number of rotatable bonds is 4. The molecule has 1 atom stereocenters. The Morgan fingerprint density at radius 2 is 1.20 bits per heavy atom. The van der Waals surface area contributed by atoms with E-state index in [1.54, 1.807) is 24.3 Å². The van der Waals surface area contributed by atoms with Gasteiger partial charge < -0.3 is 0 Å². The third-order valence-electron chi connectivity index (χ3n) is 8.75. The average molecular weight is 803 g/mol. The second kappa shape index (κ2) is 17.8. The van der Waals surface area contributed by atoms with Crippen molar-refractivity contribution in [1.82, 2.24) is 0 Å². The van der Waals surface area contributed by atoms with Gasteiger partial charge in [0.1, 0.15) is 0 Å². The van der Waals surface area contributed by atoms with Crippen LogP contribution in [0.4, 0.5) is 17.6 Å². The Morgan fingerprint density at radius 1 is 0.800 bits per heavy atom. The zero-order valence-electron chi connectivity index (χ0n) is 24.3. The molecule has 2 nitrogen and oxygen atoms in total. The van der Waals surface area contributed by atoms with Crippen LogP contribution >= 0.6 is 69.6 Å². The Hall–Kier alpha value is -0.397. The molecule has 45 heavy (non-hydrogen) atoms.